The Morgan fingerprint density at radius 3 is 2.85 bits per heavy atom. The number of ether oxygens (including phenoxy) is 2. The Labute approximate surface area is 123 Å². The second-order valence-electron chi connectivity index (χ2n) is 4.88. The minimum atomic E-state index is -0.136. The van der Waals surface area contributed by atoms with E-state index in [4.69, 9.17) is 21.1 Å². The van der Waals surface area contributed by atoms with E-state index in [1.165, 1.54) is 6.08 Å². The lowest BCUT2D eigenvalue weighted by molar-refractivity contribution is -0.116. The summed E-state index contributed by atoms with van der Waals surface area (Å²) in [5, 5.41) is 3.28. The lowest BCUT2D eigenvalue weighted by atomic mass is 10.2. The van der Waals surface area contributed by atoms with E-state index in [1.54, 1.807) is 12.1 Å². The van der Waals surface area contributed by atoms with Gasteiger partial charge >= 0.3 is 0 Å². The number of carbonyl (C=O) groups excluding carboxylic acids is 1. The standard InChI is InChI=1S/C15H18ClNO3/c1-10(2)17-14(18)5-4-11-8-12(16)15-13(9-11)19-6-3-7-20-15/h4-5,8-10H,3,6-7H2,1-2H3,(H,17,18)/b5-4+. The molecule has 1 heterocycles. The van der Waals surface area contributed by atoms with Crippen molar-refractivity contribution in [2.75, 3.05) is 13.2 Å². The van der Waals surface area contributed by atoms with Crippen LogP contribution in [-0.2, 0) is 4.79 Å². The van der Waals surface area contributed by atoms with Crippen molar-refractivity contribution in [2.45, 2.75) is 26.3 Å². The molecule has 1 aromatic carbocycles. The molecule has 4 nitrogen and oxygen atoms in total. The van der Waals surface area contributed by atoms with Gasteiger partial charge in [0.1, 0.15) is 0 Å². The van der Waals surface area contributed by atoms with E-state index >= 15 is 0 Å². The van der Waals surface area contributed by atoms with E-state index in [9.17, 15) is 4.79 Å². The number of fused-ring (bicyclic) bond motifs is 1. The Morgan fingerprint density at radius 1 is 1.35 bits per heavy atom. The van der Waals surface area contributed by atoms with Gasteiger partial charge in [-0.15, -0.1) is 0 Å². The van der Waals surface area contributed by atoms with Crippen molar-refractivity contribution in [2.24, 2.45) is 0 Å². The van der Waals surface area contributed by atoms with Crippen LogP contribution in [0.15, 0.2) is 18.2 Å². The van der Waals surface area contributed by atoms with Gasteiger partial charge in [0.15, 0.2) is 11.5 Å². The van der Waals surface area contributed by atoms with Crippen LogP contribution in [0.2, 0.25) is 5.02 Å². The second kappa shape index (κ2) is 6.66. The van der Waals surface area contributed by atoms with Gasteiger partial charge in [0, 0.05) is 18.5 Å². The van der Waals surface area contributed by atoms with Crippen molar-refractivity contribution in [1.29, 1.82) is 0 Å². The zero-order chi connectivity index (χ0) is 14.5. The van der Waals surface area contributed by atoms with E-state index < -0.39 is 0 Å². The first-order valence-electron chi connectivity index (χ1n) is 6.64. The molecule has 0 fully saturated rings. The number of hydrogen-bond acceptors (Lipinski definition) is 3. The minimum Gasteiger partial charge on any atom is -0.489 e. The van der Waals surface area contributed by atoms with Gasteiger partial charge in [-0.2, -0.15) is 0 Å². The van der Waals surface area contributed by atoms with Crippen molar-refractivity contribution >= 4 is 23.6 Å². The van der Waals surface area contributed by atoms with Crippen molar-refractivity contribution in [3.8, 4) is 11.5 Å². The summed E-state index contributed by atoms with van der Waals surface area (Å²) < 4.78 is 11.1. The highest BCUT2D eigenvalue weighted by atomic mass is 35.5. The maximum atomic E-state index is 11.6. The first kappa shape index (κ1) is 14.7. The molecule has 0 saturated heterocycles. The van der Waals surface area contributed by atoms with E-state index in [0.717, 1.165) is 12.0 Å². The predicted molar refractivity (Wildman–Crippen MR) is 79.4 cm³/mol. The number of amides is 1. The van der Waals surface area contributed by atoms with Crippen molar-refractivity contribution in [1.82, 2.24) is 5.32 Å². The fraction of sp³-hybridized carbons (Fsp3) is 0.400. The maximum Gasteiger partial charge on any atom is 0.244 e. The number of hydrogen-bond donors (Lipinski definition) is 1. The molecule has 1 N–H and O–H groups in total. The Bertz CT molecular complexity index is 526. The van der Waals surface area contributed by atoms with Crippen molar-refractivity contribution in [3.05, 3.63) is 28.8 Å². The molecule has 108 valence electrons. The highest BCUT2D eigenvalue weighted by Crippen LogP contribution is 2.38. The summed E-state index contributed by atoms with van der Waals surface area (Å²) in [6.07, 6.45) is 4.01. The summed E-state index contributed by atoms with van der Waals surface area (Å²) in [5.74, 6) is 1.06. The van der Waals surface area contributed by atoms with Gasteiger partial charge in [-0.3, -0.25) is 4.79 Å². The summed E-state index contributed by atoms with van der Waals surface area (Å²) in [6, 6.07) is 3.69. The molecule has 20 heavy (non-hydrogen) atoms. The summed E-state index contributed by atoms with van der Waals surface area (Å²) in [6.45, 7) is 5.02. The molecule has 0 bridgehead atoms. The predicted octanol–water partition coefficient (Wildman–Crippen LogP) is 3.04. The van der Waals surface area contributed by atoms with Gasteiger partial charge in [0.25, 0.3) is 0 Å². The van der Waals surface area contributed by atoms with E-state index in [2.05, 4.69) is 5.32 Å². The Balaban J connectivity index is 2.17. The van der Waals surface area contributed by atoms with Crippen molar-refractivity contribution < 1.29 is 14.3 Å². The third kappa shape index (κ3) is 3.90. The quantitative estimate of drug-likeness (QED) is 0.872. The molecule has 1 amide bonds. The normalized spacial score (nSPS) is 14.4. The molecule has 5 heteroatoms. The molecule has 0 radical (unpaired) electrons. The first-order valence-corrected chi connectivity index (χ1v) is 7.02. The lowest BCUT2D eigenvalue weighted by Gasteiger charge is -2.10. The highest BCUT2D eigenvalue weighted by Gasteiger charge is 2.14. The van der Waals surface area contributed by atoms with Crippen LogP contribution in [-0.4, -0.2) is 25.2 Å². The molecule has 0 unspecified atom stereocenters. The fourth-order valence-corrected chi connectivity index (χ4v) is 2.13. The monoisotopic (exact) mass is 295 g/mol. The average molecular weight is 296 g/mol. The molecule has 0 saturated carbocycles. The molecular formula is C15H18ClNO3. The van der Waals surface area contributed by atoms with Gasteiger partial charge in [-0.1, -0.05) is 11.6 Å². The molecule has 1 aliphatic heterocycles. The summed E-state index contributed by atoms with van der Waals surface area (Å²) >= 11 is 6.18. The Kier molecular flexibility index (Phi) is 4.90. The molecule has 0 atom stereocenters. The van der Waals surface area contributed by atoms with Crippen LogP contribution in [0, 0.1) is 0 Å². The molecule has 0 aliphatic carbocycles. The number of halogens is 1. The van der Waals surface area contributed by atoms with Crippen LogP contribution in [0.4, 0.5) is 0 Å². The molecular weight excluding hydrogens is 278 g/mol. The van der Waals surface area contributed by atoms with Gasteiger partial charge < -0.3 is 14.8 Å². The topological polar surface area (TPSA) is 47.6 Å². The lowest BCUT2D eigenvalue weighted by Crippen LogP contribution is -2.28. The summed E-state index contributed by atoms with van der Waals surface area (Å²) in [5.41, 5.74) is 0.804. The third-order valence-corrected chi connectivity index (χ3v) is 2.96. The summed E-state index contributed by atoms with van der Waals surface area (Å²) in [7, 11) is 0. The highest BCUT2D eigenvalue weighted by molar-refractivity contribution is 6.32. The van der Waals surface area contributed by atoms with Crippen LogP contribution in [0.25, 0.3) is 6.08 Å². The van der Waals surface area contributed by atoms with Crippen LogP contribution in [0.3, 0.4) is 0 Å². The number of rotatable bonds is 3. The third-order valence-electron chi connectivity index (χ3n) is 2.68. The number of carbonyl (C=O) groups is 1. The zero-order valence-electron chi connectivity index (χ0n) is 11.6. The SMILES string of the molecule is CC(C)NC(=O)/C=C/c1cc(Cl)c2c(c1)OCCCO2. The molecule has 0 aromatic heterocycles. The van der Waals surface area contributed by atoms with Gasteiger partial charge in [0.05, 0.1) is 18.2 Å². The van der Waals surface area contributed by atoms with Crippen LogP contribution >= 0.6 is 11.6 Å². The molecule has 1 aliphatic rings. The number of benzene rings is 1. The van der Waals surface area contributed by atoms with Crippen LogP contribution in [0.5, 0.6) is 11.5 Å². The van der Waals surface area contributed by atoms with Crippen LogP contribution in [0.1, 0.15) is 25.8 Å². The van der Waals surface area contributed by atoms with E-state index in [1.807, 2.05) is 19.9 Å². The van der Waals surface area contributed by atoms with E-state index in [-0.39, 0.29) is 11.9 Å². The van der Waals surface area contributed by atoms with E-state index in [0.29, 0.717) is 29.7 Å². The van der Waals surface area contributed by atoms with Gasteiger partial charge in [-0.25, -0.2) is 0 Å². The number of nitrogens with one attached hydrogen (secondary N) is 1. The Hall–Kier alpha value is -1.68. The molecule has 0 spiro atoms. The summed E-state index contributed by atoms with van der Waals surface area (Å²) in [4.78, 5) is 11.6. The first-order chi connectivity index (χ1) is 9.56. The largest absolute Gasteiger partial charge is 0.489 e. The molecule has 1 aromatic rings. The molecule has 2 rings (SSSR count). The van der Waals surface area contributed by atoms with Crippen molar-refractivity contribution in [3.63, 3.8) is 0 Å². The zero-order valence-corrected chi connectivity index (χ0v) is 12.4. The van der Waals surface area contributed by atoms with Gasteiger partial charge in [0.2, 0.25) is 5.91 Å². The van der Waals surface area contributed by atoms with Crippen LogP contribution < -0.4 is 14.8 Å². The smallest absolute Gasteiger partial charge is 0.244 e. The Morgan fingerprint density at radius 2 is 2.10 bits per heavy atom. The fourth-order valence-electron chi connectivity index (χ4n) is 1.85. The average Bonchev–Trinajstić information content (AvgIpc) is 2.61. The van der Waals surface area contributed by atoms with Gasteiger partial charge in [-0.05, 0) is 37.6 Å². The maximum absolute atomic E-state index is 11.6. The second-order valence-corrected chi connectivity index (χ2v) is 5.28. The minimum absolute atomic E-state index is 0.111.